The zero-order chi connectivity index (χ0) is 19.3. The second-order valence-electron chi connectivity index (χ2n) is 6.42. The SMILES string of the molecule is CN=C(NCc1ccc(OC)c(Br)c1)NC(C)Cc1c(C)nn(C)c1C.I. The number of aliphatic imine (C=N–C) groups is 1. The van der Waals surface area contributed by atoms with E-state index in [1.165, 1.54) is 11.3 Å². The average molecular weight is 550 g/mol. The first-order chi connectivity index (χ1) is 12.3. The molecule has 27 heavy (non-hydrogen) atoms. The highest BCUT2D eigenvalue weighted by atomic mass is 127. The molecule has 2 N–H and O–H groups in total. The van der Waals surface area contributed by atoms with Gasteiger partial charge in [0.05, 0.1) is 17.3 Å². The van der Waals surface area contributed by atoms with Crippen LogP contribution in [0.5, 0.6) is 5.75 Å². The second kappa shape index (κ2) is 10.9. The minimum Gasteiger partial charge on any atom is -0.496 e. The van der Waals surface area contributed by atoms with Gasteiger partial charge < -0.3 is 15.4 Å². The van der Waals surface area contributed by atoms with Crippen molar-refractivity contribution in [2.24, 2.45) is 12.0 Å². The van der Waals surface area contributed by atoms with E-state index in [4.69, 9.17) is 4.74 Å². The van der Waals surface area contributed by atoms with E-state index in [1.807, 2.05) is 29.9 Å². The van der Waals surface area contributed by atoms with Gasteiger partial charge in [-0.3, -0.25) is 9.67 Å². The van der Waals surface area contributed by atoms with E-state index in [0.717, 1.165) is 33.9 Å². The van der Waals surface area contributed by atoms with Crippen molar-refractivity contribution in [1.82, 2.24) is 20.4 Å². The summed E-state index contributed by atoms with van der Waals surface area (Å²) in [6, 6.07) is 6.28. The Morgan fingerprint density at radius 2 is 2.07 bits per heavy atom. The van der Waals surface area contributed by atoms with Gasteiger partial charge in [-0.25, -0.2) is 0 Å². The van der Waals surface area contributed by atoms with Crippen molar-refractivity contribution < 1.29 is 4.74 Å². The molecule has 1 heterocycles. The Labute approximate surface area is 187 Å². The molecule has 1 aromatic heterocycles. The summed E-state index contributed by atoms with van der Waals surface area (Å²) in [7, 11) is 5.43. The minimum atomic E-state index is 0. The zero-order valence-electron chi connectivity index (χ0n) is 16.8. The number of guanidine groups is 1. The molecular formula is C19H29BrIN5O. The summed E-state index contributed by atoms with van der Waals surface area (Å²) in [4.78, 5) is 4.33. The number of benzene rings is 1. The molecular weight excluding hydrogens is 521 g/mol. The molecule has 2 rings (SSSR count). The van der Waals surface area contributed by atoms with Gasteiger partial charge in [0.15, 0.2) is 5.96 Å². The van der Waals surface area contributed by atoms with Crippen molar-refractivity contribution >= 4 is 45.9 Å². The first kappa shape index (κ1) is 23.7. The van der Waals surface area contributed by atoms with Gasteiger partial charge in [0.2, 0.25) is 0 Å². The average Bonchev–Trinajstić information content (AvgIpc) is 2.84. The molecule has 0 aliphatic rings. The number of methoxy groups -OCH3 is 1. The topological polar surface area (TPSA) is 63.5 Å². The van der Waals surface area contributed by atoms with Crippen molar-refractivity contribution in [3.63, 3.8) is 0 Å². The van der Waals surface area contributed by atoms with E-state index in [0.29, 0.717) is 6.54 Å². The second-order valence-corrected chi connectivity index (χ2v) is 7.27. The standard InChI is InChI=1S/C19H28BrN5O.HI/c1-12(9-16-13(2)24-25(5)14(16)3)23-19(21-4)22-11-15-7-8-18(26-6)17(20)10-15;/h7-8,10,12H,9,11H2,1-6H3,(H2,21,22,23);1H. The van der Waals surface area contributed by atoms with Gasteiger partial charge in [-0.1, -0.05) is 6.07 Å². The highest BCUT2D eigenvalue weighted by Gasteiger charge is 2.14. The quantitative estimate of drug-likeness (QED) is 0.327. The number of nitrogens with one attached hydrogen (secondary N) is 2. The van der Waals surface area contributed by atoms with Crippen LogP contribution in [-0.2, 0) is 20.0 Å². The third-order valence-electron chi connectivity index (χ3n) is 4.45. The number of ether oxygens (including phenoxy) is 1. The molecule has 0 spiro atoms. The molecule has 0 amide bonds. The van der Waals surface area contributed by atoms with Crippen molar-refractivity contribution in [2.45, 2.75) is 39.8 Å². The summed E-state index contributed by atoms with van der Waals surface area (Å²) in [5, 5.41) is 11.3. The van der Waals surface area contributed by atoms with Gasteiger partial charge in [0.25, 0.3) is 0 Å². The third kappa shape index (κ3) is 6.38. The largest absolute Gasteiger partial charge is 0.496 e. The number of hydrogen-bond acceptors (Lipinski definition) is 3. The Balaban J connectivity index is 0.00000364. The van der Waals surface area contributed by atoms with Gasteiger partial charge in [-0.2, -0.15) is 5.10 Å². The van der Waals surface area contributed by atoms with E-state index < -0.39 is 0 Å². The van der Waals surface area contributed by atoms with Crippen LogP contribution >= 0.6 is 39.9 Å². The van der Waals surface area contributed by atoms with Gasteiger partial charge in [-0.05, 0) is 66.4 Å². The molecule has 1 aromatic carbocycles. The van der Waals surface area contributed by atoms with Crippen LogP contribution in [0.3, 0.4) is 0 Å². The Bertz CT molecular complexity index is 791. The lowest BCUT2D eigenvalue weighted by Gasteiger charge is -2.18. The molecule has 0 bridgehead atoms. The van der Waals surface area contributed by atoms with Crippen LogP contribution < -0.4 is 15.4 Å². The summed E-state index contributed by atoms with van der Waals surface area (Å²) >= 11 is 3.52. The maximum absolute atomic E-state index is 5.27. The normalized spacial score (nSPS) is 12.3. The van der Waals surface area contributed by atoms with Crippen LogP contribution in [0.4, 0.5) is 0 Å². The summed E-state index contributed by atoms with van der Waals surface area (Å²) in [5.41, 5.74) is 4.74. The van der Waals surface area contributed by atoms with Gasteiger partial charge in [-0.15, -0.1) is 24.0 Å². The number of rotatable bonds is 6. The summed E-state index contributed by atoms with van der Waals surface area (Å²) in [6.07, 6.45) is 0.903. The fourth-order valence-electron chi connectivity index (χ4n) is 2.90. The lowest BCUT2D eigenvalue weighted by atomic mass is 10.1. The lowest BCUT2D eigenvalue weighted by Crippen LogP contribution is -2.42. The van der Waals surface area contributed by atoms with Gasteiger partial charge in [0, 0.05) is 32.4 Å². The van der Waals surface area contributed by atoms with Crippen LogP contribution in [0, 0.1) is 13.8 Å². The molecule has 1 unspecified atom stereocenters. The molecule has 0 aliphatic heterocycles. The lowest BCUT2D eigenvalue weighted by molar-refractivity contribution is 0.412. The highest BCUT2D eigenvalue weighted by Crippen LogP contribution is 2.25. The summed E-state index contributed by atoms with van der Waals surface area (Å²) in [6.45, 7) is 7.00. The van der Waals surface area contributed by atoms with E-state index in [1.54, 1.807) is 14.2 Å². The monoisotopic (exact) mass is 549 g/mol. The Morgan fingerprint density at radius 1 is 1.37 bits per heavy atom. The molecule has 8 heteroatoms. The predicted molar refractivity (Wildman–Crippen MR) is 125 cm³/mol. The minimum absolute atomic E-state index is 0. The number of halogens is 2. The molecule has 2 aromatic rings. The van der Waals surface area contributed by atoms with Crippen molar-refractivity contribution in [1.29, 1.82) is 0 Å². The van der Waals surface area contributed by atoms with Crippen LogP contribution in [0.15, 0.2) is 27.7 Å². The highest BCUT2D eigenvalue weighted by molar-refractivity contribution is 14.0. The molecule has 0 fully saturated rings. The molecule has 0 saturated heterocycles. The molecule has 0 aliphatic carbocycles. The Morgan fingerprint density at radius 3 is 2.59 bits per heavy atom. The predicted octanol–water partition coefficient (Wildman–Crippen LogP) is 3.72. The van der Waals surface area contributed by atoms with Crippen LogP contribution in [-0.4, -0.2) is 35.9 Å². The molecule has 0 radical (unpaired) electrons. The number of aryl methyl sites for hydroxylation is 2. The summed E-state index contributed by atoms with van der Waals surface area (Å²) in [5.74, 6) is 1.61. The number of aromatic nitrogens is 2. The van der Waals surface area contributed by atoms with E-state index >= 15 is 0 Å². The maximum atomic E-state index is 5.27. The fourth-order valence-corrected chi connectivity index (χ4v) is 3.49. The first-order valence-corrected chi connectivity index (χ1v) is 9.43. The van der Waals surface area contributed by atoms with E-state index in [2.05, 4.69) is 57.4 Å². The van der Waals surface area contributed by atoms with Gasteiger partial charge >= 0.3 is 0 Å². The van der Waals surface area contributed by atoms with Crippen LogP contribution in [0.25, 0.3) is 0 Å². The number of nitrogens with zero attached hydrogens (tertiary/aromatic N) is 3. The van der Waals surface area contributed by atoms with Crippen molar-refractivity contribution in [3.8, 4) is 5.75 Å². The first-order valence-electron chi connectivity index (χ1n) is 8.64. The van der Waals surface area contributed by atoms with E-state index in [9.17, 15) is 0 Å². The maximum Gasteiger partial charge on any atom is 0.191 e. The smallest absolute Gasteiger partial charge is 0.191 e. The van der Waals surface area contributed by atoms with Crippen molar-refractivity contribution in [3.05, 3.63) is 45.2 Å². The van der Waals surface area contributed by atoms with Crippen LogP contribution in [0.1, 0.15) is 29.4 Å². The molecule has 150 valence electrons. The Hall–Kier alpha value is -1.29. The van der Waals surface area contributed by atoms with Crippen molar-refractivity contribution in [2.75, 3.05) is 14.2 Å². The zero-order valence-corrected chi connectivity index (χ0v) is 20.7. The van der Waals surface area contributed by atoms with Gasteiger partial charge in [0.1, 0.15) is 5.75 Å². The number of hydrogen-bond donors (Lipinski definition) is 2. The third-order valence-corrected chi connectivity index (χ3v) is 5.07. The fraction of sp³-hybridized carbons (Fsp3) is 0.474. The van der Waals surface area contributed by atoms with E-state index in [-0.39, 0.29) is 30.0 Å². The van der Waals surface area contributed by atoms with Crippen LogP contribution in [0.2, 0.25) is 0 Å². The molecule has 1 atom stereocenters. The molecule has 0 saturated carbocycles. The molecule has 6 nitrogen and oxygen atoms in total. The summed E-state index contributed by atoms with van der Waals surface area (Å²) < 4.78 is 8.15. The Kier molecular flexibility index (Phi) is 9.58.